The van der Waals surface area contributed by atoms with Crippen molar-refractivity contribution in [2.24, 2.45) is 0 Å². The number of aliphatic hydroxyl groups is 1. The maximum atomic E-state index is 9.31. The predicted molar refractivity (Wildman–Crippen MR) is 49.6 cm³/mol. The molecular formula is C10H20O. The molecule has 0 fully saturated rings. The first kappa shape index (κ1) is 10.7. The summed E-state index contributed by atoms with van der Waals surface area (Å²) in [4.78, 5) is 0. The Morgan fingerprint density at radius 3 is 2.45 bits per heavy atom. The van der Waals surface area contributed by atoms with Crippen molar-refractivity contribution in [1.82, 2.24) is 0 Å². The molecule has 0 aromatic heterocycles. The molecule has 11 heavy (non-hydrogen) atoms. The molecule has 0 aliphatic carbocycles. The maximum absolute atomic E-state index is 9.31. The fourth-order valence-electron chi connectivity index (χ4n) is 1.05. The molecule has 0 aromatic carbocycles. The number of rotatable bonds is 6. The lowest BCUT2D eigenvalue weighted by Gasteiger charge is -2.05. The molecule has 0 saturated heterocycles. The summed E-state index contributed by atoms with van der Waals surface area (Å²) in [5.41, 5.74) is 0. The molecule has 0 rings (SSSR count). The van der Waals surface area contributed by atoms with Crippen LogP contribution in [0.25, 0.3) is 0 Å². The maximum Gasteiger partial charge on any atom is 0.0543 e. The Labute approximate surface area is 70.1 Å². The lowest BCUT2D eigenvalue weighted by Crippen LogP contribution is -2.04. The highest BCUT2D eigenvalue weighted by molar-refractivity contribution is 4.80. The van der Waals surface area contributed by atoms with Crippen molar-refractivity contribution in [3.05, 3.63) is 12.2 Å². The summed E-state index contributed by atoms with van der Waals surface area (Å²) in [5, 5.41) is 9.31. The van der Waals surface area contributed by atoms with Crippen LogP contribution in [0.2, 0.25) is 0 Å². The third kappa shape index (κ3) is 7.60. The Bertz CT molecular complexity index is 97.0. The molecule has 0 aliphatic rings. The summed E-state index contributed by atoms with van der Waals surface area (Å²) in [5.74, 6) is 0. The van der Waals surface area contributed by atoms with Gasteiger partial charge in [0, 0.05) is 0 Å². The van der Waals surface area contributed by atoms with E-state index in [1.807, 2.05) is 0 Å². The van der Waals surface area contributed by atoms with Crippen molar-refractivity contribution in [3.8, 4) is 0 Å². The number of aliphatic hydroxyl groups excluding tert-OH is 1. The molecule has 0 bridgehead atoms. The van der Waals surface area contributed by atoms with Gasteiger partial charge in [0.2, 0.25) is 0 Å². The van der Waals surface area contributed by atoms with Gasteiger partial charge >= 0.3 is 0 Å². The van der Waals surface area contributed by atoms with Gasteiger partial charge in [-0.25, -0.2) is 0 Å². The van der Waals surface area contributed by atoms with Gasteiger partial charge in [0.25, 0.3) is 0 Å². The van der Waals surface area contributed by atoms with Crippen LogP contribution in [-0.4, -0.2) is 11.2 Å². The summed E-state index contributed by atoms with van der Waals surface area (Å²) >= 11 is 0. The molecule has 1 atom stereocenters. The third-order valence-electron chi connectivity index (χ3n) is 1.69. The van der Waals surface area contributed by atoms with Crippen LogP contribution in [0.4, 0.5) is 0 Å². The Kier molecular flexibility index (Phi) is 7.59. The zero-order chi connectivity index (χ0) is 8.53. The van der Waals surface area contributed by atoms with E-state index in [1.165, 1.54) is 0 Å². The largest absolute Gasteiger partial charge is 0.393 e. The van der Waals surface area contributed by atoms with E-state index in [0.717, 1.165) is 32.1 Å². The van der Waals surface area contributed by atoms with Gasteiger partial charge in [-0.1, -0.05) is 32.4 Å². The van der Waals surface area contributed by atoms with Crippen LogP contribution in [0.5, 0.6) is 0 Å². The first-order chi connectivity index (χ1) is 5.31. The summed E-state index contributed by atoms with van der Waals surface area (Å²) < 4.78 is 0. The van der Waals surface area contributed by atoms with Crippen LogP contribution in [0, 0.1) is 0 Å². The molecule has 0 spiro atoms. The monoisotopic (exact) mass is 156 g/mol. The summed E-state index contributed by atoms with van der Waals surface area (Å²) in [6, 6.07) is 0. The van der Waals surface area contributed by atoms with Crippen LogP contribution in [0.3, 0.4) is 0 Å². The second kappa shape index (κ2) is 7.80. The second-order valence-electron chi connectivity index (χ2n) is 2.90. The molecule has 0 radical (unpaired) electrons. The van der Waals surface area contributed by atoms with Crippen LogP contribution in [-0.2, 0) is 0 Å². The molecule has 0 heterocycles. The highest BCUT2D eigenvalue weighted by atomic mass is 16.3. The zero-order valence-electron chi connectivity index (χ0n) is 7.71. The lowest BCUT2D eigenvalue weighted by molar-refractivity contribution is 0.155. The van der Waals surface area contributed by atoms with Gasteiger partial charge in [-0.2, -0.15) is 0 Å². The zero-order valence-corrected chi connectivity index (χ0v) is 7.71. The molecule has 1 N–H and O–H groups in total. The summed E-state index contributed by atoms with van der Waals surface area (Å²) in [6.45, 7) is 4.23. The van der Waals surface area contributed by atoms with E-state index in [1.54, 1.807) is 0 Å². The minimum Gasteiger partial charge on any atom is -0.393 e. The average molecular weight is 156 g/mol. The van der Waals surface area contributed by atoms with Gasteiger partial charge in [0.15, 0.2) is 0 Å². The third-order valence-corrected chi connectivity index (χ3v) is 1.69. The fourth-order valence-corrected chi connectivity index (χ4v) is 1.05. The molecule has 1 unspecified atom stereocenters. The Hall–Kier alpha value is -0.300. The lowest BCUT2D eigenvalue weighted by atomic mass is 10.1. The number of hydrogen-bond donors (Lipinski definition) is 1. The van der Waals surface area contributed by atoms with Gasteiger partial charge in [0.1, 0.15) is 0 Å². The summed E-state index contributed by atoms with van der Waals surface area (Å²) in [6.07, 6.45) is 9.29. The second-order valence-corrected chi connectivity index (χ2v) is 2.90. The topological polar surface area (TPSA) is 20.2 Å². The van der Waals surface area contributed by atoms with Crippen LogP contribution >= 0.6 is 0 Å². The van der Waals surface area contributed by atoms with Gasteiger partial charge in [-0.15, -0.1) is 0 Å². The van der Waals surface area contributed by atoms with E-state index >= 15 is 0 Å². The van der Waals surface area contributed by atoms with Crippen LogP contribution in [0.1, 0.15) is 46.0 Å². The van der Waals surface area contributed by atoms with Crippen molar-refractivity contribution < 1.29 is 5.11 Å². The molecule has 1 heteroatoms. The van der Waals surface area contributed by atoms with Crippen LogP contribution in [0.15, 0.2) is 12.2 Å². The molecule has 1 nitrogen and oxygen atoms in total. The van der Waals surface area contributed by atoms with E-state index < -0.39 is 0 Å². The highest BCUT2D eigenvalue weighted by Gasteiger charge is 1.98. The minimum absolute atomic E-state index is 0.0819. The Balaban J connectivity index is 3.16. The predicted octanol–water partition coefficient (Wildman–Crippen LogP) is 2.89. The van der Waals surface area contributed by atoms with E-state index in [0.29, 0.717) is 0 Å². The molecule has 0 aliphatic heterocycles. The minimum atomic E-state index is -0.0819. The van der Waals surface area contributed by atoms with Crippen molar-refractivity contribution in [1.29, 1.82) is 0 Å². The Morgan fingerprint density at radius 2 is 1.91 bits per heavy atom. The molecule has 66 valence electrons. The average Bonchev–Trinajstić information content (AvgIpc) is 1.99. The van der Waals surface area contributed by atoms with Gasteiger partial charge in [0.05, 0.1) is 6.10 Å². The van der Waals surface area contributed by atoms with E-state index in [-0.39, 0.29) is 6.10 Å². The molecule has 0 saturated carbocycles. The number of hydrogen-bond acceptors (Lipinski definition) is 1. The molecule has 0 aromatic rings. The van der Waals surface area contributed by atoms with Crippen molar-refractivity contribution >= 4 is 0 Å². The van der Waals surface area contributed by atoms with Crippen molar-refractivity contribution in [3.63, 3.8) is 0 Å². The Morgan fingerprint density at radius 1 is 1.18 bits per heavy atom. The summed E-state index contributed by atoms with van der Waals surface area (Å²) in [7, 11) is 0. The van der Waals surface area contributed by atoms with E-state index in [9.17, 15) is 5.11 Å². The smallest absolute Gasteiger partial charge is 0.0543 e. The molecular weight excluding hydrogens is 136 g/mol. The number of allylic oxidation sites excluding steroid dienone is 2. The van der Waals surface area contributed by atoms with E-state index in [2.05, 4.69) is 26.0 Å². The first-order valence-corrected chi connectivity index (χ1v) is 4.64. The SMILES string of the molecule is CCC=CCCC(O)CCC. The fraction of sp³-hybridized carbons (Fsp3) is 0.800. The normalized spacial score (nSPS) is 14.1. The first-order valence-electron chi connectivity index (χ1n) is 4.64. The van der Waals surface area contributed by atoms with Crippen molar-refractivity contribution in [2.45, 2.75) is 52.1 Å². The van der Waals surface area contributed by atoms with Crippen LogP contribution < -0.4 is 0 Å². The van der Waals surface area contributed by atoms with Gasteiger partial charge in [-0.05, 0) is 25.7 Å². The van der Waals surface area contributed by atoms with Crippen molar-refractivity contribution in [2.75, 3.05) is 0 Å². The standard InChI is InChI=1S/C10H20O/c1-3-5-6-7-9-10(11)8-4-2/h5-6,10-11H,3-4,7-9H2,1-2H3. The van der Waals surface area contributed by atoms with Gasteiger partial charge in [-0.3, -0.25) is 0 Å². The quantitative estimate of drug-likeness (QED) is 0.586. The van der Waals surface area contributed by atoms with E-state index in [4.69, 9.17) is 0 Å². The highest BCUT2D eigenvalue weighted by Crippen LogP contribution is 2.04. The molecule has 0 amide bonds. The van der Waals surface area contributed by atoms with Gasteiger partial charge < -0.3 is 5.11 Å².